The van der Waals surface area contributed by atoms with Gasteiger partial charge in [0.15, 0.2) is 0 Å². The molecule has 7 nitrogen and oxygen atoms in total. The van der Waals surface area contributed by atoms with Crippen LogP contribution in [0.1, 0.15) is 31.7 Å². The molecule has 2 fully saturated rings. The zero-order valence-electron chi connectivity index (χ0n) is 22.1. The predicted octanol–water partition coefficient (Wildman–Crippen LogP) is 6.47. The first-order chi connectivity index (χ1) is 17.7. The van der Waals surface area contributed by atoms with E-state index >= 15 is 0 Å². The monoisotopic (exact) mass is 590 g/mol. The molecule has 2 aromatic carbocycles. The van der Waals surface area contributed by atoms with Crippen LogP contribution in [0.5, 0.6) is 11.5 Å². The SMILES string of the molecule is CN1CCN([C@@H]2CCC[C@@H](n3cc(-c4ccc(Oc5ccccc5)cc4)c4c(N)ncnc43)C2)CC1.Cl.Cl.Cl. The minimum atomic E-state index is 0. The van der Waals surface area contributed by atoms with Gasteiger partial charge in [-0.15, -0.1) is 37.2 Å². The normalized spacial score (nSPS) is 19.9. The highest BCUT2D eigenvalue weighted by atomic mass is 35.5. The number of anilines is 1. The van der Waals surface area contributed by atoms with Gasteiger partial charge < -0.3 is 19.9 Å². The van der Waals surface area contributed by atoms with Gasteiger partial charge in [-0.05, 0) is 62.6 Å². The van der Waals surface area contributed by atoms with Crippen LogP contribution in [0.15, 0.2) is 67.1 Å². The number of piperazine rings is 1. The zero-order chi connectivity index (χ0) is 24.5. The number of para-hydroxylation sites is 1. The van der Waals surface area contributed by atoms with E-state index in [1.165, 1.54) is 19.3 Å². The number of likely N-dealkylation sites (N-methyl/N-ethyl adjacent to an activating group) is 1. The van der Waals surface area contributed by atoms with Gasteiger partial charge in [0.05, 0.1) is 5.39 Å². The minimum absolute atomic E-state index is 0. The van der Waals surface area contributed by atoms with Gasteiger partial charge in [0.1, 0.15) is 29.3 Å². The molecule has 10 heteroatoms. The maximum absolute atomic E-state index is 6.42. The first-order valence-electron chi connectivity index (χ1n) is 13.0. The largest absolute Gasteiger partial charge is 0.457 e. The van der Waals surface area contributed by atoms with E-state index in [1.54, 1.807) is 6.33 Å². The molecule has 1 aliphatic heterocycles. The third-order valence-corrected chi connectivity index (χ3v) is 7.85. The molecule has 0 bridgehead atoms. The highest BCUT2D eigenvalue weighted by molar-refractivity contribution is 6.00. The number of halogens is 3. The second-order valence-corrected chi connectivity index (χ2v) is 10.2. The quantitative estimate of drug-likeness (QED) is 0.287. The maximum atomic E-state index is 6.42. The Kier molecular flexibility index (Phi) is 10.9. The van der Waals surface area contributed by atoms with Gasteiger partial charge in [-0.1, -0.05) is 30.3 Å². The highest BCUT2D eigenvalue weighted by Gasteiger charge is 2.30. The third kappa shape index (κ3) is 6.61. The lowest BCUT2D eigenvalue weighted by molar-refractivity contribution is 0.0791. The van der Waals surface area contributed by atoms with Crippen molar-refractivity contribution in [3.8, 4) is 22.6 Å². The van der Waals surface area contributed by atoms with Crippen LogP contribution in [-0.2, 0) is 0 Å². The number of rotatable bonds is 5. The number of aromatic nitrogens is 3. The molecule has 6 rings (SSSR count). The van der Waals surface area contributed by atoms with E-state index in [-0.39, 0.29) is 37.2 Å². The summed E-state index contributed by atoms with van der Waals surface area (Å²) in [6.07, 6.45) is 8.69. The van der Waals surface area contributed by atoms with Crippen LogP contribution in [0.25, 0.3) is 22.2 Å². The Balaban J connectivity index is 0.00000140. The summed E-state index contributed by atoms with van der Waals surface area (Å²) < 4.78 is 8.37. The molecular weight excluding hydrogens is 555 g/mol. The van der Waals surface area contributed by atoms with E-state index in [4.69, 9.17) is 15.5 Å². The van der Waals surface area contributed by atoms with Crippen molar-refractivity contribution in [3.63, 3.8) is 0 Å². The number of hydrogen-bond donors (Lipinski definition) is 1. The molecule has 1 saturated heterocycles. The van der Waals surface area contributed by atoms with E-state index in [2.05, 4.69) is 44.7 Å². The summed E-state index contributed by atoms with van der Waals surface area (Å²) in [5, 5.41) is 0.941. The lowest BCUT2D eigenvalue weighted by Gasteiger charge is -2.41. The number of nitrogens with two attached hydrogens (primary N) is 1. The van der Waals surface area contributed by atoms with Crippen LogP contribution in [0, 0.1) is 0 Å². The Morgan fingerprint density at radius 3 is 2.21 bits per heavy atom. The Labute approximate surface area is 249 Å². The van der Waals surface area contributed by atoms with E-state index in [1.807, 2.05) is 42.5 Å². The number of fused-ring (bicyclic) bond motifs is 1. The highest BCUT2D eigenvalue weighted by Crippen LogP contribution is 2.39. The zero-order valence-corrected chi connectivity index (χ0v) is 24.6. The summed E-state index contributed by atoms with van der Waals surface area (Å²) in [4.78, 5) is 14.2. The van der Waals surface area contributed by atoms with Crippen LogP contribution in [0.2, 0.25) is 0 Å². The fourth-order valence-electron chi connectivity index (χ4n) is 5.84. The number of ether oxygens (including phenoxy) is 1. The third-order valence-electron chi connectivity index (χ3n) is 7.85. The molecule has 0 amide bonds. The summed E-state index contributed by atoms with van der Waals surface area (Å²) in [5.74, 6) is 2.16. The predicted molar refractivity (Wildman–Crippen MR) is 166 cm³/mol. The lowest BCUT2D eigenvalue weighted by Crippen LogP contribution is -2.50. The Morgan fingerprint density at radius 1 is 0.821 bits per heavy atom. The molecule has 2 aromatic heterocycles. The molecule has 1 saturated carbocycles. The molecule has 2 N–H and O–H groups in total. The molecule has 3 heterocycles. The number of nitrogen functional groups attached to an aromatic ring is 1. The standard InChI is InChI=1S/C29H34N6O.3ClH/c1-33-14-16-34(17-15-33)22-6-5-7-23(18-22)35-19-26(27-28(30)31-20-32-29(27)35)21-10-12-25(13-11-21)36-24-8-3-2-4-9-24;;;/h2-4,8-13,19-20,22-23H,5-7,14-18H2,1H3,(H2,30,31,32);3*1H/t22-,23-;;;/m1.../s1. The molecule has 4 aromatic rings. The van der Waals surface area contributed by atoms with E-state index in [0.29, 0.717) is 17.9 Å². The van der Waals surface area contributed by atoms with Gasteiger partial charge in [-0.2, -0.15) is 0 Å². The summed E-state index contributed by atoms with van der Waals surface area (Å²) in [5.41, 5.74) is 9.53. The lowest BCUT2D eigenvalue weighted by atomic mass is 9.89. The van der Waals surface area contributed by atoms with Crippen molar-refractivity contribution >= 4 is 54.1 Å². The maximum Gasteiger partial charge on any atom is 0.146 e. The van der Waals surface area contributed by atoms with Crippen molar-refractivity contribution < 1.29 is 4.74 Å². The Bertz CT molecular complexity index is 1330. The van der Waals surface area contributed by atoms with Crippen molar-refractivity contribution in [2.24, 2.45) is 0 Å². The Hall–Kier alpha value is -2.55. The Morgan fingerprint density at radius 2 is 1.49 bits per heavy atom. The molecule has 39 heavy (non-hydrogen) atoms. The molecule has 0 spiro atoms. The smallest absolute Gasteiger partial charge is 0.146 e. The molecule has 0 unspecified atom stereocenters. The first-order valence-corrected chi connectivity index (χ1v) is 13.0. The summed E-state index contributed by atoms with van der Waals surface area (Å²) in [6, 6.07) is 19.1. The van der Waals surface area contributed by atoms with Crippen LogP contribution in [0.3, 0.4) is 0 Å². The topological polar surface area (TPSA) is 72.4 Å². The number of benzene rings is 2. The van der Waals surface area contributed by atoms with Crippen molar-refractivity contribution in [2.45, 2.75) is 37.8 Å². The molecule has 2 aliphatic rings. The van der Waals surface area contributed by atoms with Gasteiger partial charge in [0.25, 0.3) is 0 Å². The van der Waals surface area contributed by atoms with Crippen molar-refractivity contribution in [2.75, 3.05) is 39.0 Å². The van der Waals surface area contributed by atoms with E-state index in [0.717, 1.165) is 66.3 Å². The van der Waals surface area contributed by atoms with Crippen molar-refractivity contribution in [3.05, 3.63) is 67.1 Å². The average molecular weight is 592 g/mol. The van der Waals surface area contributed by atoms with E-state index < -0.39 is 0 Å². The van der Waals surface area contributed by atoms with Crippen LogP contribution >= 0.6 is 37.2 Å². The van der Waals surface area contributed by atoms with Crippen LogP contribution in [0.4, 0.5) is 5.82 Å². The van der Waals surface area contributed by atoms with E-state index in [9.17, 15) is 0 Å². The molecule has 1 aliphatic carbocycles. The van der Waals surface area contributed by atoms with Crippen LogP contribution in [-0.4, -0.2) is 63.6 Å². The van der Waals surface area contributed by atoms with Gasteiger partial charge in [-0.3, -0.25) is 4.90 Å². The van der Waals surface area contributed by atoms with Crippen molar-refractivity contribution in [1.82, 2.24) is 24.3 Å². The second-order valence-electron chi connectivity index (χ2n) is 10.2. The van der Waals surface area contributed by atoms with Gasteiger partial charge >= 0.3 is 0 Å². The molecule has 0 radical (unpaired) electrons. The fourth-order valence-corrected chi connectivity index (χ4v) is 5.84. The molecule has 2 atom stereocenters. The van der Waals surface area contributed by atoms with Gasteiger partial charge in [0, 0.05) is 50.0 Å². The minimum Gasteiger partial charge on any atom is -0.457 e. The van der Waals surface area contributed by atoms with Gasteiger partial charge in [0.2, 0.25) is 0 Å². The van der Waals surface area contributed by atoms with Crippen molar-refractivity contribution in [1.29, 1.82) is 0 Å². The van der Waals surface area contributed by atoms with Gasteiger partial charge in [-0.25, -0.2) is 9.97 Å². The average Bonchev–Trinajstić information content (AvgIpc) is 3.31. The van der Waals surface area contributed by atoms with Crippen LogP contribution < -0.4 is 10.5 Å². The second kappa shape index (κ2) is 13.7. The fraction of sp³-hybridized carbons (Fsp3) is 0.379. The number of nitrogens with zero attached hydrogens (tertiary/aromatic N) is 5. The summed E-state index contributed by atoms with van der Waals surface area (Å²) in [6.45, 7) is 4.65. The first kappa shape index (κ1) is 31.0. The molecule has 210 valence electrons. The summed E-state index contributed by atoms with van der Waals surface area (Å²) >= 11 is 0. The number of hydrogen-bond acceptors (Lipinski definition) is 6. The summed E-state index contributed by atoms with van der Waals surface area (Å²) in [7, 11) is 2.22. The molecular formula is C29H37Cl3N6O.